The summed E-state index contributed by atoms with van der Waals surface area (Å²) in [5.74, 6) is -0.413. The molecular weight excluding hydrogens is 168 g/mol. The van der Waals surface area contributed by atoms with Gasteiger partial charge >= 0.3 is 5.97 Å². The molecule has 0 atom stereocenters. The highest BCUT2D eigenvalue weighted by Crippen LogP contribution is 1.98. The Hall–Kier alpha value is -1.03. The van der Waals surface area contributed by atoms with Gasteiger partial charge in [0, 0.05) is 5.69 Å². The Kier molecular flexibility index (Phi) is 3.60. The molecule has 0 radical (unpaired) electrons. The number of nitrogens with one attached hydrogen (secondary N) is 1. The number of carbonyl (C=O) groups excluding carboxylic acids is 1. The molecular formula is C6H9ClN2O2. The molecule has 1 aromatic rings. The first-order valence-corrected chi connectivity index (χ1v) is 2.84. The van der Waals surface area contributed by atoms with E-state index in [4.69, 9.17) is 0 Å². The monoisotopic (exact) mass is 176 g/mol. The number of carbonyl (C=O) groups is 1. The van der Waals surface area contributed by atoms with Gasteiger partial charge in [-0.05, 0) is 13.0 Å². The standard InChI is InChI=1S/C6H8N2O2.ClH/c1-4-3-5(8-7-4)6(9)10-2;/h3H,1-2H3,(H,7,8);1H. The molecule has 0 unspecified atom stereocenters. The molecule has 0 aliphatic heterocycles. The summed E-state index contributed by atoms with van der Waals surface area (Å²) in [7, 11) is 1.33. The van der Waals surface area contributed by atoms with Crippen molar-refractivity contribution < 1.29 is 9.53 Å². The van der Waals surface area contributed by atoms with Crippen LogP contribution >= 0.6 is 12.4 Å². The van der Waals surface area contributed by atoms with Gasteiger partial charge in [0.1, 0.15) is 0 Å². The summed E-state index contributed by atoms with van der Waals surface area (Å²) in [4.78, 5) is 10.7. The average molecular weight is 177 g/mol. The second-order valence-electron chi connectivity index (χ2n) is 1.93. The molecule has 1 heterocycles. The minimum atomic E-state index is -0.413. The number of aryl methyl sites for hydroxylation is 1. The number of aromatic amines is 1. The summed E-state index contributed by atoms with van der Waals surface area (Å²) in [6.45, 7) is 1.82. The van der Waals surface area contributed by atoms with Gasteiger partial charge in [-0.25, -0.2) is 4.79 Å². The maximum atomic E-state index is 10.7. The van der Waals surface area contributed by atoms with Crippen LogP contribution in [-0.2, 0) is 4.74 Å². The minimum Gasteiger partial charge on any atom is -0.464 e. The largest absolute Gasteiger partial charge is 0.464 e. The third-order valence-corrected chi connectivity index (χ3v) is 1.10. The third kappa shape index (κ3) is 2.23. The highest BCUT2D eigenvalue weighted by Gasteiger charge is 2.07. The van der Waals surface area contributed by atoms with Crippen molar-refractivity contribution in [1.29, 1.82) is 0 Å². The second-order valence-corrected chi connectivity index (χ2v) is 1.93. The van der Waals surface area contributed by atoms with Crippen LogP contribution in [0.3, 0.4) is 0 Å². The fourth-order valence-electron chi connectivity index (χ4n) is 0.627. The van der Waals surface area contributed by atoms with Crippen molar-refractivity contribution in [2.75, 3.05) is 7.11 Å². The summed E-state index contributed by atoms with van der Waals surface area (Å²) in [5, 5.41) is 6.32. The van der Waals surface area contributed by atoms with Gasteiger partial charge in [-0.2, -0.15) is 5.10 Å². The molecule has 11 heavy (non-hydrogen) atoms. The quantitative estimate of drug-likeness (QED) is 0.648. The van der Waals surface area contributed by atoms with E-state index in [-0.39, 0.29) is 12.4 Å². The Morgan fingerprint density at radius 3 is 2.73 bits per heavy atom. The van der Waals surface area contributed by atoms with E-state index in [1.54, 1.807) is 6.07 Å². The van der Waals surface area contributed by atoms with E-state index in [2.05, 4.69) is 14.9 Å². The van der Waals surface area contributed by atoms with Crippen LogP contribution in [0.5, 0.6) is 0 Å². The maximum absolute atomic E-state index is 10.7. The number of nitrogens with zero attached hydrogens (tertiary/aromatic N) is 1. The molecule has 0 saturated carbocycles. The third-order valence-electron chi connectivity index (χ3n) is 1.10. The Morgan fingerprint density at radius 1 is 1.73 bits per heavy atom. The van der Waals surface area contributed by atoms with Crippen molar-refractivity contribution in [3.8, 4) is 0 Å². The van der Waals surface area contributed by atoms with E-state index in [1.807, 2.05) is 6.92 Å². The van der Waals surface area contributed by atoms with Crippen LogP contribution in [0.15, 0.2) is 6.07 Å². The molecule has 0 saturated heterocycles. The normalized spacial score (nSPS) is 8.55. The zero-order chi connectivity index (χ0) is 7.56. The fraction of sp³-hybridized carbons (Fsp3) is 0.333. The van der Waals surface area contributed by atoms with Gasteiger partial charge in [-0.3, -0.25) is 5.10 Å². The smallest absolute Gasteiger partial charge is 0.358 e. The molecule has 5 heteroatoms. The minimum absolute atomic E-state index is 0. The molecule has 0 amide bonds. The second kappa shape index (κ2) is 3.98. The molecule has 0 spiro atoms. The Balaban J connectivity index is 0.000001000. The Bertz CT molecular complexity index is 246. The van der Waals surface area contributed by atoms with Crippen LogP contribution in [-0.4, -0.2) is 23.3 Å². The van der Waals surface area contributed by atoms with Crippen LogP contribution in [0.2, 0.25) is 0 Å². The van der Waals surface area contributed by atoms with Crippen molar-refractivity contribution in [2.45, 2.75) is 6.92 Å². The Labute approximate surface area is 70.4 Å². The van der Waals surface area contributed by atoms with Crippen molar-refractivity contribution in [2.24, 2.45) is 0 Å². The van der Waals surface area contributed by atoms with E-state index in [9.17, 15) is 4.79 Å². The zero-order valence-electron chi connectivity index (χ0n) is 6.25. The van der Waals surface area contributed by atoms with Crippen LogP contribution in [0, 0.1) is 6.92 Å². The van der Waals surface area contributed by atoms with Gasteiger partial charge in [-0.1, -0.05) is 0 Å². The molecule has 4 nitrogen and oxygen atoms in total. The first-order chi connectivity index (χ1) is 4.74. The molecule has 0 aliphatic rings. The lowest BCUT2D eigenvalue weighted by Crippen LogP contribution is -2.00. The number of rotatable bonds is 1. The summed E-state index contributed by atoms with van der Waals surface area (Å²) in [6.07, 6.45) is 0. The van der Waals surface area contributed by atoms with Crippen molar-refractivity contribution in [1.82, 2.24) is 10.2 Å². The lowest BCUT2D eigenvalue weighted by atomic mass is 10.4. The summed E-state index contributed by atoms with van der Waals surface area (Å²) < 4.78 is 4.43. The number of halogens is 1. The van der Waals surface area contributed by atoms with E-state index in [0.29, 0.717) is 5.69 Å². The molecule has 0 aliphatic carbocycles. The van der Waals surface area contributed by atoms with Gasteiger partial charge in [0.2, 0.25) is 0 Å². The van der Waals surface area contributed by atoms with Crippen LogP contribution in [0.1, 0.15) is 16.2 Å². The topological polar surface area (TPSA) is 55.0 Å². The van der Waals surface area contributed by atoms with E-state index in [0.717, 1.165) is 5.69 Å². The highest BCUT2D eigenvalue weighted by atomic mass is 35.5. The predicted octanol–water partition coefficient (Wildman–Crippen LogP) is 0.927. The lowest BCUT2D eigenvalue weighted by Gasteiger charge is -1.89. The number of hydrogen-bond acceptors (Lipinski definition) is 3. The lowest BCUT2D eigenvalue weighted by molar-refractivity contribution is 0.0594. The SMILES string of the molecule is COC(=O)c1cc(C)[nH]n1.Cl. The van der Waals surface area contributed by atoms with Crippen molar-refractivity contribution >= 4 is 18.4 Å². The van der Waals surface area contributed by atoms with E-state index in [1.165, 1.54) is 7.11 Å². The fourth-order valence-corrected chi connectivity index (χ4v) is 0.627. The van der Waals surface area contributed by atoms with Crippen LogP contribution in [0.25, 0.3) is 0 Å². The Morgan fingerprint density at radius 2 is 2.36 bits per heavy atom. The van der Waals surface area contributed by atoms with Crippen molar-refractivity contribution in [3.63, 3.8) is 0 Å². The molecule has 0 bridgehead atoms. The van der Waals surface area contributed by atoms with Gasteiger partial charge in [-0.15, -0.1) is 12.4 Å². The predicted molar refractivity (Wildman–Crippen MR) is 41.9 cm³/mol. The number of ether oxygens (including phenoxy) is 1. The first-order valence-electron chi connectivity index (χ1n) is 2.84. The van der Waals surface area contributed by atoms with E-state index < -0.39 is 5.97 Å². The van der Waals surface area contributed by atoms with Crippen LogP contribution < -0.4 is 0 Å². The summed E-state index contributed by atoms with van der Waals surface area (Å²) >= 11 is 0. The molecule has 1 aromatic heterocycles. The van der Waals surface area contributed by atoms with Crippen LogP contribution in [0.4, 0.5) is 0 Å². The number of aromatic nitrogens is 2. The average Bonchev–Trinajstić information content (AvgIpc) is 2.34. The zero-order valence-corrected chi connectivity index (χ0v) is 7.07. The number of methoxy groups -OCH3 is 1. The molecule has 1 N–H and O–H groups in total. The highest BCUT2D eigenvalue weighted by molar-refractivity contribution is 5.87. The number of hydrogen-bond donors (Lipinski definition) is 1. The number of esters is 1. The van der Waals surface area contributed by atoms with Gasteiger partial charge < -0.3 is 4.74 Å². The summed E-state index contributed by atoms with van der Waals surface area (Å²) in [6, 6.07) is 1.63. The van der Waals surface area contributed by atoms with Gasteiger partial charge in [0.05, 0.1) is 7.11 Å². The van der Waals surface area contributed by atoms with Crippen molar-refractivity contribution in [3.05, 3.63) is 17.5 Å². The molecule has 1 rings (SSSR count). The summed E-state index contributed by atoms with van der Waals surface area (Å²) in [5.41, 5.74) is 1.17. The number of H-pyrrole nitrogens is 1. The van der Waals surface area contributed by atoms with E-state index >= 15 is 0 Å². The molecule has 0 fully saturated rings. The van der Waals surface area contributed by atoms with Gasteiger partial charge in [0.15, 0.2) is 5.69 Å². The first kappa shape index (κ1) is 9.97. The van der Waals surface area contributed by atoms with Gasteiger partial charge in [0.25, 0.3) is 0 Å². The maximum Gasteiger partial charge on any atom is 0.358 e. The molecule has 0 aromatic carbocycles. The molecule has 62 valence electrons.